The number of nitrogens with two attached hydrogens (primary N) is 1. The first-order chi connectivity index (χ1) is 8.73. The molecule has 1 fully saturated rings. The second kappa shape index (κ2) is 4.39. The van der Waals surface area contributed by atoms with Crippen LogP contribution in [0.5, 0.6) is 0 Å². The minimum absolute atomic E-state index is 0.160. The quantitative estimate of drug-likeness (QED) is 0.881. The molecule has 96 valence electrons. The van der Waals surface area contributed by atoms with E-state index >= 15 is 0 Å². The van der Waals surface area contributed by atoms with Gasteiger partial charge in [0, 0.05) is 18.9 Å². The highest BCUT2D eigenvalue weighted by atomic mass is 16.3. The first kappa shape index (κ1) is 11.7. The Balaban J connectivity index is 2.05. The Labute approximate surface area is 107 Å². The zero-order valence-corrected chi connectivity index (χ0v) is 10.9. The van der Waals surface area contributed by atoms with E-state index in [2.05, 4.69) is 23.2 Å². The molecule has 18 heavy (non-hydrogen) atoms. The molecule has 2 N–H and O–H groups in total. The van der Waals surface area contributed by atoms with Crippen LogP contribution in [0.4, 0.5) is 0 Å². The van der Waals surface area contributed by atoms with Crippen LogP contribution in [0.15, 0.2) is 22.6 Å². The summed E-state index contributed by atoms with van der Waals surface area (Å²) < 4.78 is 5.64. The zero-order chi connectivity index (χ0) is 12.6. The summed E-state index contributed by atoms with van der Waals surface area (Å²) in [6.45, 7) is 2.62. The monoisotopic (exact) mass is 244 g/mol. The fourth-order valence-electron chi connectivity index (χ4n) is 3.21. The van der Waals surface area contributed by atoms with E-state index in [-0.39, 0.29) is 5.41 Å². The van der Waals surface area contributed by atoms with Crippen LogP contribution >= 0.6 is 0 Å². The van der Waals surface area contributed by atoms with Crippen LogP contribution in [0, 0.1) is 6.92 Å². The van der Waals surface area contributed by atoms with Gasteiger partial charge in [-0.15, -0.1) is 0 Å². The Kier molecular flexibility index (Phi) is 2.86. The number of oxazole rings is 1. The minimum atomic E-state index is 0.160. The van der Waals surface area contributed by atoms with Crippen molar-refractivity contribution in [2.24, 2.45) is 5.73 Å². The van der Waals surface area contributed by atoms with E-state index in [9.17, 15) is 0 Å². The molecule has 1 aliphatic rings. The van der Waals surface area contributed by atoms with E-state index in [4.69, 9.17) is 10.2 Å². The van der Waals surface area contributed by atoms with Crippen molar-refractivity contribution in [3.8, 4) is 0 Å². The highest BCUT2D eigenvalue weighted by molar-refractivity contribution is 5.73. The maximum atomic E-state index is 6.07. The van der Waals surface area contributed by atoms with E-state index in [1.807, 2.05) is 6.92 Å². The van der Waals surface area contributed by atoms with Crippen molar-refractivity contribution in [2.45, 2.75) is 44.4 Å². The van der Waals surface area contributed by atoms with Gasteiger partial charge in [0.2, 0.25) is 0 Å². The van der Waals surface area contributed by atoms with Crippen molar-refractivity contribution in [2.75, 3.05) is 6.54 Å². The van der Waals surface area contributed by atoms with E-state index in [1.54, 1.807) is 0 Å². The molecular formula is C15H20N2O. The molecular weight excluding hydrogens is 224 g/mol. The Morgan fingerprint density at radius 1 is 1.28 bits per heavy atom. The van der Waals surface area contributed by atoms with Crippen molar-refractivity contribution in [3.63, 3.8) is 0 Å². The summed E-state index contributed by atoms with van der Waals surface area (Å²) in [7, 11) is 0. The first-order valence-electron chi connectivity index (χ1n) is 6.81. The van der Waals surface area contributed by atoms with Crippen LogP contribution in [0.2, 0.25) is 0 Å². The number of aryl methyl sites for hydroxylation is 1. The fourth-order valence-corrected chi connectivity index (χ4v) is 3.21. The summed E-state index contributed by atoms with van der Waals surface area (Å²) in [6, 6.07) is 6.39. The van der Waals surface area contributed by atoms with Gasteiger partial charge in [0.05, 0.1) is 0 Å². The van der Waals surface area contributed by atoms with Gasteiger partial charge in [0.1, 0.15) is 5.52 Å². The molecule has 3 heteroatoms. The number of fused-ring (bicyclic) bond motifs is 1. The summed E-state index contributed by atoms with van der Waals surface area (Å²) in [4.78, 5) is 4.35. The maximum absolute atomic E-state index is 6.07. The van der Waals surface area contributed by atoms with Crippen LogP contribution in [0.1, 0.15) is 43.6 Å². The Bertz CT molecular complexity index is 553. The molecule has 0 radical (unpaired) electrons. The third-order valence-electron chi connectivity index (χ3n) is 4.31. The average molecular weight is 244 g/mol. The van der Waals surface area contributed by atoms with E-state index < -0.39 is 0 Å². The minimum Gasteiger partial charge on any atom is -0.441 e. The second-order valence-electron chi connectivity index (χ2n) is 5.46. The standard InChI is InChI=1S/C15H20N2O/c1-11-17-13-6-5-12(9-14(13)18-11)15(10-16)7-3-2-4-8-15/h5-6,9H,2-4,7-8,10,16H2,1H3. The lowest BCUT2D eigenvalue weighted by Crippen LogP contribution is -2.37. The van der Waals surface area contributed by atoms with Crippen molar-refractivity contribution in [1.29, 1.82) is 0 Å². The number of hydrogen-bond acceptors (Lipinski definition) is 3. The van der Waals surface area contributed by atoms with Gasteiger partial charge >= 0.3 is 0 Å². The normalized spacial score (nSPS) is 19.2. The third-order valence-corrected chi connectivity index (χ3v) is 4.31. The zero-order valence-electron chi connectivity index (χ0n) is 10.9. The van der Waals surface area contributed by atoms with E-state index in [0.29, 0.717) is 0 Å². The third kappa shape index (κ3) is 1.83. The van der Waals surface area contributed by atoms with Crippen molar-refractivity contribution >= 4 is 11.1 Å². The highest BCUT2D eigenvalue weighted by Crippen LogP contribution is 2.39. The molecule has 3 nitrogen and oxygen atoms in total. The van der Waals surface area contributed by atoms with Gasteiger partial charge in [0.15, 0.2) is 11.5 Å². The molecule has 0 saturated heterocycles. The summed E-state index contributed by atoms with van der Waals surface area (Å²) >= 11 is 0. The molecule has 1 saturated carbocycles. The SMILES string of the molecule is Cc1nc2ccc(C3(CN)CCCCC3)cc2o1. The fraction of sp³-hybridized carbons (Fsp3) is 0.533. The smallest absolute Gasteiger partial charge is 0.192 e. The number of rotatable bonds is 2. The number of benzene rings is 1. The van der Waals surface area contributed by atoms with E-state index in [0.717, 1.165) is 23.5 Å². The van der Waals surface area contributed by atoms with Gasteiger partial charge in [-0.05, 0) is 30.5 Å². The molecule has 0 atom stereocenters. The molecule has 1 aromatic carbocycles. The van der Waals surface area contributed by atoms with Gasteiger partial charge in [-0.3, -0.25) is 0 Å². The lowest BCUT2D eigenvalue weighted by molar-refractivity contribution is 0.301. The molecule has 0 unspecified atom stereocenters. The molecule has 1 aromatic heterocycles. The van der Waals surface area contributed by atoms with Gasteiger partial charge in [-0.1, -0.05) is 25.3 Å². The number of hydrogen-bond donors (Lipinski definition) is 1. The van der Waals surface area contributed by atoms with Crippen LogP contribution in [0.3, 0.4) is 0 Å². The number of aromatic nitrogens is 1. The first-order valence-corrected chi connectivity index (χ1v) is 6.81. The van der Waals surface area contributed by atoms with Crippen molar-refractivity contribution in [3.05, 3.63) is 29.7 Å². The lowest BCUT2D eigenvalue weighted by atomic mass is 9.69. The molecule has 1 heterocycles. The molecule has 0 amide bonds. The molecule has 3 rings (SSSR count). The summed E-state index contributed by atoms with van der Waals surface area (Å²) in [5.41, 5.74) is 9.40. The van der Waals surface area contributed by atoms with Gasteiger partial charge in [-0.2, -0.15) is 0 Å². The predicted octanol–water partition coefficient (Wildman–Crippen LogP) is 3.30. The highest BCUT2D eigenvalue weighted by Gasteiger charge is 2.32. The van der Waals surface area contributed by atoms with Gasteiger partial charge in [0.25, 0.3) is 0 Å². The van der Waals surface area contributed by atoms with Gasteiger partial charge < -0.3 is 10.2 Å². The Morgan fingerprint density at radius 2 is 2.06 bits per heavy atom. The van der Waals surface area contributed by atoms with Crippen LogP contribution < -0.4 is 5.73 Å². The molecule has 0 aliphatic heterocycles. The second-order valence-corrected chi connectivity index (χ2v) is 5.46. The van der Waals surface area contributed by atoms with Crippen LogP contribution in [-0.2, 0) is 5.41 Å². The summed E-state index contributed by atoms with van der Waals surface area (Å²) in [5.74, 6) is 0.729. The Hall–Kier alpha value is -1.35. The lowest BCUT2D eigenvalue weighted by Gasteiger charge is -2.36. The van der Waals surface area contributed by atoms with Crippen LogP contribution in [0.25, 0.3) is 11.1 Å². The predicted molar refractivity (Wildman–Crippen MR) is 72.6 cm³/mol. The van der Waals surface area contributed by atoms with Crippen molar-refractivity contribution < 1.29 is 4.42 Å². The topological polar surface area (TPSA) is 52.0 Å². The summed E-state index contributed by atoms with van der Waals surface area (Å²) in [5, 5.41) is 0. The summed E-state index contributed by atoms with van der Waals surface area (Å²) in [6.07, 6.45) is 6.30. The van der Waals surface area contributed by atoms with Crippen molar-refractivity contribution in [1.82, 2.24) is 4.98 Å². The average Bonchev–Trinajstić information content (AvgIpc) is 2.78. The van der Waals surface area contributed by atoms with E-state index in [1.165, 1.54) is 37.7 Å². The number of nitrogens with zero attached hydrogens (tertiary/aromatic N) is 1. The van der Waals surface area contributed by atoms with Gasteiger partial charge in [-0.25, -0.2) is 4.98 Å². The molecule has 0 bridgehead atoms. The molecule has 2 aromatic rings. The maximum Gasteiger partial charge on any atom is 0.192 e. The largest absolute Gasteiger partial charge is 0.441 e. The Morgan fingerprint density at radius 3 is 2.78 bits per heavy atom. The molecule has 1 aliphatic carbocycles. The molecule has 0 spiro atoms. The van der Waals surface area contributed by atoms with Crippen LogP contribution in [-0.4, -0.2) is 11.5 Å².